The number of hydrogen-bond donors (Lipinski definition) is 3. The third-order valence-electron chi connectivity index (χ3n) is 2.71. The number of nitrogens with one attached hydrogen (secondary N) is 1. The molecule has 4 N–H and O–H groups in total. The van der Waals surface area contributed by atoms with Crippen LogP contribution in [0.5, 0.6) is 0 Å². The van der Waals surface area contributed by atoms with Gasteiger partial charge in [0.25, 0.3) is 0 Å². The summed E-state index contributed by atoms with van der Waals surface area (Å²) < 4.78 is 5.49. The molecule has 0 aromatic carbocycles. The number of carboxylic acids is 1. The lowest BCUT2D eigenvalue weighted by atomic mass is 10.2. The van der Waals surface area contributed by atoms with Crippen LogP contribution in [0.1, 0.15) is 34.8 Å². The zero-order valence-electron chi connectivity index (χ0n) is 10.7. The smallest absolute Gasteiger partial charge is 0.337 e. The molecule has 0 aliphatic rings. The molecule has 0 spiro atoms. The quantitative estimate of drug-likeness (QED) is 0.781. The molecule has 0 radical (unpaired) electrons. The van der Waals surface area contributed by atoms with Crippen LogP contribution in [-0.2, 0) is 0 Å². The van der Waals surface area contributed by atoms with E-state index in [0.717, 1.165) is 11.5 Å². The predicted molar refractivity (Wildman–Crippen MR) is 71.1 cm³/mol. The molecule has 0 fully saturated rings. The number of nitrogens with two attached hydrogens (primary N) is 1. The number of nitrogen functional groups attached to an aromatic ring is 1. The van der Waals surface area contributed by atoms with Crippen molar-refractivity contribution in [1.29, 1.82) is 0 Å². The second kappa shape index (κ2) is 5.01. The first-order valence-electron chi connectivity index (χ1n) is 5.79. The van der Waals surface area contributed by atoms with Gasteiger partial charge in [0.05, 0.1) is 17.3 Å². The highest BCUT2D eigenvalue weighted by atomic mass is 16.4. The van der Waals surface area contributed by atoms with E-state index < -0.39 is 5.97 Å². The summed E-state index contributed by atoms with van der Waals surface area (Å²) in [6, 6.07) is 5.00. The van der Waals surface area contributed by atoms with E-state index in [1.54, 1.807) is 0 Å². The number of anilines is 2. The van der Waals surface area contributed by atoms with E-state index in [4.69, 9.17) is 15.3 Å². The van der Waals surface area contributed by atoms with Gasteiger partial charge in [-0.1, -0.05) is 0 Å². The molecule has 0 amide bonds. The Morgan fingerprint density at radius 2 is 2.26 bits per heavy atom. The van der Waals surface area contributed by atoms with Crippen molar-refractivity contribution in [2.45, 2.75) is 19.9 Å². The summed E-state index contributed by atoms with van der Waals surface area (Å²) in [5.74, 6) is 0.971. The van der Waals surface area contributed by atoms with Crippen LogP contribution in [-0.4, -0.2) is 16.1 Å². The highest BCUT2D eigenvalue weighted by Crippen LogP contribution is 2.24. The van der Waals surface area contributed by atoms with Crippen molar-refractivity contribution < 1.29 is 14.3 Å². The Hall–Kier alpha value is -2.50. The first-order valence-corrected chi connectivity index (χ1v) is 5.79. The number of carbonyl (C=O) groups is 1. The van der Waals surface area contributed by atoms with Crippen molar-refractivity contribution in [3.8, 4) is 0 Å². The fourth-order valence-electron chi connectivity index (χ4n) is 1.68. The molecule has 2 heterocycles. The molecule has 1 unspecified atom stereocenters. The lowest BCUT2D eigenvalue weighted by Gasteiger charge is -2.14. The van der Waals surface area contributed by atoms with Gasteiger partial charge >= 0.3 is 5.97 Å². The third-order valence-corrected chi connectivity index (χ3v) is 2.71. The van der Waals surface area contributed by atoms with Crippen molar-refractivity contribution in [2.24, 2.45) is 0 Å². The van der Waals surface area contributed by atoms with Gasteiger partial charge < -0.3 is 20.6 Å². The average molecular weight is 261 g/mol. The molecule has 19 heavy (non-hydrogen) atoms. The summed E-state index contributed by atoms with van der Waals surface area (Å²) in [7, 11) is 0. The minimum atomic E-state index is -1.06. The Bertz CT molecular complexity index is 607. The van der Waals surface area contributed by atoms with Crippen LogP contribution in [0, 0.1) is 6.92 Å². The standard InChI is InChI=1S/C13H15N3O3/c1-7-3-4-11(19-7)8(2)16-12-10(14)5-9(6-15-12)13(17)18/h3-6,8H,14H2,1-2H3,(H,15,16)(H,17,18). The van der Waals surface area contributed by atoms with E-state index in [0.29, 0.717) is 5.82 Å². The minimum absolute atomic E-state index is 0.0598. The van der Waals surface area contributed by atoms with Crippen LogP contribution in [0.15, 0.2) is 28.8 Å². The van der Waals surface area contributed by atoms with Gasteiger partial charge in [-0.15, -0.1) is 0 Å². The first-order chi connectivity index (χ1) is 8.97. The van der Waals surface area contributed by atoms with Crippen LogP contribution < -0.4 is 11.1 Å². The minimum Gasteiger partial charge on any atom is -0.478 e. The van der Waals surface area contributed by atoms with Crippen LogP contribution in [0.3, 0.4) is 0 Å². The molecule has 0 saturated carbocycles. The Morgan fingerprint density at radius 3 is 2.79 bits per heavy atom. The fourth-order valence-corrected chi connectivity index (χ4v) is 1.68. The molecular formula is C13H15N3O3. The third kappa shape index (κ3) is 2.85. The normalized spacial score (nSPS) is 12.1. The monoisotopic (exact) mass is 261 g/mol. The second-order valence-corrected chi connectivity index (χ2v) is 4.28. The molecule has 2 rings (SSSR count). The van der Waals surface area contributed by atoms with Crippen molar-refractivity contribution in [3.63, 3.8) is 0 Å². The molecular weight excluding hydrogens is 246 g/mol. The summed E-state index contributed by atoms with van der Waals surface area (Å²) in [6.07, 6.45) is 1.27. The number of aromatic nitrogens is 1. The molecule has 0 saturated heterocycles. The number of aryl methyl sites for hydroxylation is 1. The number of hydrogen-bond acceptors (Lipinski definition) is 5. The van der Waals surface area contributed by atoms with E-state index in [-0.39, 0.29) is 17.3 Å². The molecule has 0 bridgehead atoms. The highest BCUT2D eigenvalue weighted by molar-refractivity contribution is 5.89. The highest BCUT2D eigenvalue weighted by Gasteiger charge is 2.13. The van der Waals surface area contributed by atoms with Crippen LogP contribution in [0.25, 0.3) is 0 Å². The number of nitrogens with zero attached hydrogens (tertiary/aromatic N) is 1. The van der Waals surface area contributed by atoms with E-state index in [2.05, 4.69) is 10.3 Å². The lowest BCUT2D eigenvalue weighted by molar-refractivity contribution is 0.0696. The van der Waals surface area contributed by atoms with Gasteiger partial charge in [-0.3, -0.25) is 0 Å². The SMILES string of the molecule is Cc1ccc(C(C)Nc2ncc(C(=O)O)cc2N)o1. The first kappa shape index (κ1) is 12.9. The van der Waals surface area contributed by atoms with Gasteiger partial charge in [-0.25, -0.2) is 9.78 Å². The van der Waals surface area contributed by atoms with Gasteiger partial charge in [0.1, 0.15) is 17.3 Å². The van der Waals surface area contributed by atoms with Crippen molar-refractivity contribution >= 4 is 17.5 Å². The van der Waals surface area contributed by atoms with Gasteiger partial charge in [-0.2, -0.15) is 0 Å². The van der Waals surface area contributed by atoms with Gasteiger partial charge in [0.15, 0.2) is 0 Å². The predicted octanol–water partition coefficient (Wildman–Crippen LogP) is 2.44. The van der Waals surface area contributed by atoms with Crippen LogP contribution >= 0.6 is 0 Å². The molecule has 1 atom stereocenters. The maximum absolute atomic E-state index is 10.8. The van der Waals surface area contributed by atoms with E-state index in [1.807, 2.05) is 26.0 Å². The molecule has 2 aromatic heterocycles. The lowest BCUT2D eigenvalue weighted by Crippen LogP contribution is -2.10. The largest absolute Gasteiger partial charge is 0.478 e. The van der Waals surface area contributed by atoms with Gasteiger partial charge in [-0.05, 0) is 32.0 Å². The zero-order valence-corrected chi connectivity index (χ0v) is 10.7. The summed E-state index contributed by atoms with van der Waals surface area (Å²) in [6.45, 7) is 3.77. The maximum Gasteiger partial charge on any atom is 0.337 e. The molecule has 2 aromatic rings. The fraction of sp³-hybridized carbons (Fsp3) is 0.231. The van der Waals surface area contributed by atoms with E-state index >= 15 is 0 Å². The molecule has 100 valence electrons. The molecule has 0 aliphatic heterocycles. The Balaban J connectivity index is 2.17. The summed E-state index contributed by atoms with van der Waals surface area (Å²) in [5, 5.41) is 11.9. The van der Waals surface area contributed by atoms with Gasteiger partial charge in [0.2, 0.25) is 0 Å². The Kier molecular flexibility index (Phi) is 3.41. The maximum atomic E-state index is 10.8. The van der Waals surface area contributed by atoms with Gasteiger partial charge in [0, 0.05) is 6.20 Å². The number of aromatic carboxylic acids is 1. The number of furan rings is 1. The topological polar surface area (TPSA) is 101 Å². The van der Waals surface area contributed by atoms with Crippen molar-refractivity contribution in [3.05, 3.63) is 41.5 Å². The Labute approximate surface area is 110 Å². The zero-order chi connectivity index (χ0) is 14.0. The summed E-state index contributed by atoms with van der Waals surface area (Å²) in [5.41, 5.74) is 6.12. The van der Waals surface area contributed by atoms with Crippen LogP contribution in [0.2, 0.25) is 0 Å². The number of carboxylic acid groups (broad SMARTS) is 1. The van der Waals surface area contributed by atoms with E-state index in [9.17, 15) is 4.79 Å². The second-order valence-electron chi connectivity index (χ2n) is 4.28. The van der Waals surface area contributed by atoms with E-state index in [1.165, 1.54) is 12.3 Å². The molecule has 0 aliphatic carbocycles. The Morgan fingerprint density at radius 1 is 1.53 bits per heavy atom. The summed E-state index contributed by atoms with van der Waals surface area (Å²) in [4.78, 5) is 14.8. The van der Waals surface area contributed by atoms with Crippen molar-refractivity contribution in [1.82, 2.24) is 4.98 Å². The van der Waals surface area contributed by atoms with Crippen LogP contribution in [0.4, 0.5) is 11.5 Å². The van der Waals surface area contributed by atoms with Crippen molar-refractivity contribution in [2.75, 3.05) is 11.1 Å². The molecule has 6 heteroatoms. The molecule has 6 nitrogen and oxygen atoms in total. The number of rotatable bonds is 4. The summed E-state index contributed by atoms with van der Waals surface area (Å²) >= 11 is 0. The average Bonchev–Trinajstić information content (AvgIpc) is 2.78. The number of pyridine rings is 1.